The summed E-state index contributed by atoms with van der Waals surface area (Å²) in [4.78, 5) is 73.0. The molecule has 0 aliphatic carbocycles. The Morgan fingerprint density at radius 3 is 0.717 bits per heavy atom. The molecule has 0 radical (unpaired) electrons. The molecule has 17 nitrogen and oxygen atoms in total. The molecular formula is C80H156O17P2. The van der Waals surface area contributed by atoms with Crippen LogP contribution >= 0.6 is 15.6 Å². The first-order chi connectivity index (χ1) is 47.7. The van der Waals surface area contributed by atoms with Crippen molar-refractivity contribution in [3.63, 3.8) is 0 Å². The molecule has 0 aliphatic heterocycles. The highest BCUT2D eigenvalue weighted by Gasteiger charge is 2.30. The lowest BCUT2D eigenvalue weighted by atomic mass is 9.99. The van der Waals surface area contributed by atoms with E-state index >= 15 is 0 Å². The van der Waals surface area contributed by atoms with Gasteiger partial charge in [-0.05, 0) is 49.4 Å². The highest BCUT2D eigenvalue weighted by molar-refractivity contribution is 7.47. The smallest absolute Gasteiger partial charge is 0.462 e. The summed E-state index contributed by atoms with van der Waals surface area (Å²) in [6.45, 7) is 14.3. The molecule has 0 amide bonds. The summed E-state index contributed by atoms with van der Waals surface area (Å²) in [5, 5.41) is 10.6. The molecule has 0 saturated carbocycles. The molecule has 0 saturated heterocycles. The molecule has 5 unspecified atom stereocenters. The van der Waals surface area contributed by atoms with Gasteiger partial charge in [-0.15, -0.1) is 0 Å². The first kappa shape index (κ1) is 97.1. The van der Waals surface area contributed by atoms with E-state index in [4.69, 9.17) is 37.0 Å². The number of ether oxygens (including phenoxy) is 4. The van der Waals surface area contributed by atoms with Crippen molar-refractivity contribution in [3.8, 4) is 0 Å². The summed E-state index contributed by atoms with van der Waals surface area (Å²) in [5.41, 5.74) is 0. The molecule has 0 rings (SSSR count). The van der Waals surface area contributed by atoms with Gasteiger partial charge in [0.2, 0.25) is 0 Å². The van der Waals surface area contributed by atoms with Gasteiger partial charge >= 0.3 is 39.5 Å². The van der Waals surface area contributed by atoms with E-state index in [0.717, 1.165) is 120 Å². The van der Waals surface area contributed by atoms with E-state index in [0.29, 0.717) is 25.7 Å². The van der Waals surface area contributed by atoms with Crippen molar-refractivity contribution in [2.75, 3.05) is 39.6 Å². The van der Waals surface area contributed by atoms with Crippen molar-refractivity contribution in [2.45, 2.75) is 427 Å². The second-order valence-corrected chi connectivity index (χ2v) is 32.9. The normalized spacial score (nSPS) is 14.9. The van der Waals surface area contributed by atoms with Gasteiger partial charge < -0.3 is 33.8 Å². The number of hydrogen-bond acceptors (Lipinski definition) is 15. The van der Waals surface area contributed by atoms with Gasteiger partial charge in [0.15, 0.2) is 12.2 Å². The van der Waals surface area contributed by atoms with Crippen molar-refractivity contribution in [3.05, 3.63) is 0 Å². The number of carbonyl (C=O) groups is 4. The van der Waals surface area contributed by atoms with Crippen LogP contribution < -0.4 is 0 Å². The van der Waals surface area contributed by atoms with Crippen molar-refractivity contribution < 1.29 is 80.2 Å². The Morgan fingerprint density at radius 2 is 0.485 bits per heavy atom. The zero-order valence-corrected chi connectivity index (χ0v) is 66.9. The van der Waals surface area contributed by atoms with Crippen molar-refractivity contribution >= 4 is 39.5 Å². The molecule has 0 aromatic rings. The van der Waals surface area contributed by atoms with Crippen LogP contribution in [0.25, 0.3) is 0 Å². The number of phosphoric ester groups is 2. The maximum atomic E-state index is 13.1. The Labute approximate surface area is 607 Å². The minimum absolute atomic E-state index is 0.106. The summed E-state index contributed by atoms with van der Waals surface area (Å²) >= 11 is 0. The first-order valence-electron chi connectivity index (χ1n) is 41.3. The van der Waals surface area contributed by atoms with Crippen LogP contribution in [0.5, 0.6) is 0 Å². The second kappa shape index (κ2) is 69.1. The summed E-state index contributed by atoms with van der Waals surface area (Å²) < 4.78 is 68.7. The van der Waals surface area contributed by atoms with E-state index < -0.39 is 97.5 Å². The Hall–Kier alpha value is -1.94. The van der Waals surface area contributed by atoms with Crippen LogP contribution in [0.3, 0.4) is 0 Å². The van der Waals surface area contributed by atoms with Gasteiger partial charge in [-0.3, -0.25) is 37.3 Å². The van der Waals surface area contributed by atoms with Crippen LogP contribution in [0.2, 0.25) is 0 Å². The van der Waals surface area contributed by atoms with Crippen LogP contribution in [-0.2, 0) is 65.4 Å². The molecule has 0 heterocycles. The summed E-state index contributed by atoms with van der Waals surface area (Å²) in [7, 11) is -9.92. The molecule has 588 valence electrons. The number of carbonyl (C=O) groups excluding carboxylic acids is 4. The maximum Gasteiger partial charge on any atom is 0.472 e. The van der Waals surface area contributed by atoms with Crippen molar-refractivity contribution in [2.24, 2.45) is 23.7 Å². The Morgan fingerprint density at radius 1 is 0.283 bits per heavy atom. The Bertz CT molecular complexity index is 1940. The average molecular weight is 1450 g/mol. The molecule has 0 aromatic heterocycles. The second-order valence-electron chi connectivity index (χ2n) is 30.0. The van der Waals surface area contributed by atoms with Crippen LogP contribution in [0.1, 0.15) is 409 Å². The van der Waals surface area contributed by atoms with Gasteiger partial charge in [0.25, 0.3) is 0 Å². The van der Waals surface area contributed by atoms with Gasteiger partial charge in [0.05, 0.1) is 26.4 Å². The summed E-state index contributed by atoms with van der Waals surface area (Å²) in [6.07, 6.45) is 55.4. The molecule has 0 fully saturated rings. The SMILES string of the molecule is CCC(C)CCCCCCCCCCCCC(=O)OC[C@H](COP(=O)(O)OC[C@@H](O)COP(=O)(O)OC[C@@H](COC(=O)CCCCCCCCC(C)CC)OC(=O)CCCCCCCCCCCCCCCCCCCCC(C)C)OC(=O)CCCCCCCCCCCCC(C)CC. The number of unbranched alkanes of at least 4 members (excludes halogenated alkanes) is 40. The average Bonchev–Trinajstić information content (AvgIpc) is 1.12. The van der Waals surface area contributed by atoms with Crippen LogP contribution in [-0.4, -0.2) is 96.7 Å². The molecule has 0 aromatic carbocycles. The minimum Gasteiger partial charge on any atom is -0.462 e. The van der Waals surface area contributed by atoms with Crippen molar-refractivity contribution in [1.82, 2.24) is 0 Å². The third-order valence-electron chi connectivity index (χ3n) is 19.7. The first-order valence-corrected chi connectivity index (χ1v) is 44.3. The zero-order chi connectivity index (χ0) is 73.1. The predicted molar refractivity (Wildman–Crippen MR) is 404 cm³/mol. The minimum atomic E-state index is -4.96. The Balaban J connectivity index is 5.22. The van der Waals surface area contributed by atoms with E-state index in [9.17, 15) is 43.2 Å². The molecule has 3 N–H and O–H groups in total. The van der Waals surface area contributed by atoms with Crippen LogP contribution in [0, 0.1) is 23.7 Å². The number of aliphatic hydroxyl groups is 1. The molecule has 0 aliphatic rings. The quantitative estimate of drug-likeness (QED) is 0.0222. The lowest BCUT2D eigenvalue weighted by Gasteiger charge is -2.21. The van der Waals surface area contributed by atoms with Gasteiger partial charge in [-0.2, -0.15) is 0 Å². The van der Waals surface area contributed by atoms with Gasteiger partial charge in [0, 0.05) is 25.7 Å². The van der Waals surface area contributed by atoms with E-state index in [2.05, 4.69) is 55.4 Å². The molecule has 99 heavy (non-hydrogen) atoms. The molecular weight excluding hydrogens is 1290 g/mol. The topological polar surface area (TPSA) is 237 Å². The number of aliphatic hydroxyl groups excluding tert-OH is 1. The molecule has 8 atom stereocenters. The number of esters is 4. The van der Waals surface area contributed by atoms with Crippen LogP contribution in [0.15, 0.2) is 0 Å². The van der Waals surface area contributed by atoms with Gasteiger partial charge in [-0.25, -0.2) is 9.13 Å². The molecule has 0 bridgehead atoms. The maximum absolute atomic E-state index is 13.1. The third-order valence-corrected chi connectivity index (χ3v) is 21.6. The lowest BCUT2D eigenvalue weighted by molar-refractivity contribution is -0.161. The fourth-order valence-electron chi connectivity index (χ4n) is 12.2. The highest BCUT2D eigenvalue weighted by Crippen LogP contribution is 2.45. The predicted octanol–water partition coefficient (Wildman–Crippen LogP) is 23.6. The van der Waals surface area contributed by atoms with E-state index in [1.54, 1.807) is 0 Å². The molecule has 19 heteroatoms. The fourth-order valence-corrected chi connectivity index (χ4v) is 13.7. The largest absolute Gasteiger partial charge is 0.472 e. The van der Waals surface area contributed by atoms with Gasteiger partial charge in [0.1, 0.15) is 19.3 Å². The highest BCUT2D eigenvalue weighted by atomic mass is 31.2. The standard InChI is InChI=1S/C80H156O17P2/c1-9-71(6)57-49-41-33-27-22-24-29-35-44-52-60-77(82)90-66-75(96-80(85)63-55-47-37-31-25-23-28-34-42-50-58-72(7)10-2)68-94-98(86,87)92-64-74(81)65-93-99(88,89)95-69-76(67-91-78(83)61-53-45-39-38-43-51-59-73(8)11-3)97-79(84)62-54-46-36-30-21-19-17-15-13-12-14-16-18-20-26-32-40-48-56-70(4)5/h70-76,81H,9-69H2,1-8H3,(H,86,87)(H,88,89)/t71?,72?,73?,74-,75-,76-/m1/s1. The van der Waals surface area contributed by atoms with E-state index in [1.807, 2.05) is 0 Å². The van der Waals surface area contributed by atoms with E-state index in [-0.39, 0.29) is 25.7 Å². The third kappa shape index (κ3) is 70.2. The number of hydrogen-bond donors (Lipinski definition) is 3. The summed E-state index contributed by atoms with van der Waals surface area (Å²) in [5.74, 6) is 1.05. The lowest BCUT2D eigenvalue weighted by Crippen LogP contribution is -2.30. The van der Waals surface area contributed by atoms with Crippen LogP contribution in [0.4, 0.5) is 0 Å². The van der Waals surface area contributed by atoms with Crippen molar-refractivity contribution in [1.29, 1.82) is 0 Å². The number of phosphoric acid groups is 2. The fraction of sp³-hybridized carbons (Fsp3) is 0.950. The number of rotatable bonds is 77. The monoisotopic (exact) mass is 1450 g/mol. The van der Waals surface area contributed by atoms with E-state index in [1.165, 1.54) is 205 Å². The zero-order valence-electron chi connectivity index (χ0n) is 65.1. The molecule has 0 spiro atoms. The van der Waals surface area contributed by atoms with Gasteiger partial charge in [-0.1, -0.05) is 357 Å². The summed E-state index contributed by atoms with van der Waals surface area (Å²) in [6, 6.07) is 0. The Kier molecular flexibility index (Phi) is 67.8.